The minimum absolute atomic E-state index is 0.183. The average Bonchev–Trinajstić information content (AvgIpc) is 2.51. The number of hydrogen-bond donors (Lipinski definition) is 0. The molecule has 1 fully saturated rings. The molecule has 4 nitrogen and oxygen atoms in total. The summed E-state index contributed by atoms with van der Waals surface area (Å²) in [5.74, 6) is 0.598. The Balaban J connectivity index is 1.74. The number of piperazine rings is 1. The lowest BCUT2D eigenvalue weighted by molar-refractivity contribution is 0.595. The molecule has 7 heteroatoms. The van der Waals surface area contributed by atoms with Crippen LogP contribution < -0.4 is 9.80 Å². The molecule has 1 aromatic heterocycles. The van der Waals surface area contributed by atoms with Crippen LogP contribution in [0, 0.1) is 5.82 Å². The van der Waals surface area contributed by atoms with Crippen LogP contribution in [0.4, 0.5) is 15.9 Å². The number of rotatable bonds is 2. The summed E-state index contributed by atoms with van der Waals surface area (Å²) >= 11 is 9.41. The maximum atomic E-state index is 13.8. The highest BCUT2D eigenvalue weighted by atomic mass is 79.9. The van der Waals surface area contributed by atoms with E-state index in [1.54, 1.807) is 6.07 Å². The predicted octanol–water partition coefficient (Wildman–Crippen LogP) is 3.36. The van der Waals surface area contributed by atoms with Gasteiger partial charge >= 0.3 is 0 Å². The number of aromatic nitrogens is 2. The SMILES string of the molecule is Fc1ccccc1N1CCN(c2ncnc(Cl)c2Br)CC1. The van der Waals surface area contributed by atoms with Gasteiger partial charge in [-0.25, -0.2) is 14.4 Å². The van der Waals surface area contributed by atoms with Gasteiger partial charge in [-0.1, -0.05) is 23.7 Å². The zero-order valence-electron chi connectivity index (χ0n) is 11.1. The normalized spacial score (nSPS) is 15.4. The Morgan fingerprint density at radius 3 is 2.43 bits per heavy atom. The van der Waals surface area contributed by atoms with Gasteiger partial charge in [-0.15, -0.1) is 0 Å². The van der Waals surface area contributed by atoms with E-state index in [4.69, 9.17) is 11.6 Å². The van der Waals surface area contributed by atoms with Gasteiger partial charge in [0.05, 0.1) is 10.2 Å². The summed E-state index contributed by atoms with van der Waals surface area (Å²) < 4.78 is 14.5. The van der Waals surface area contributed by atoms with E-state index < -0.39 is 0 Å². The van der Waals surface area contributed by atoms with Crippen molar-refractivity contribution in [3.05, 3.63) is 46.0 Å². The number of nitrogens with zero attached hydrogens (tertiary/aromatic N) is 4. The maximum Gasteiger partial charge on any atom is 0.148 e. The molecule has 0 unspecified atom stereocenters. The van der Waals surface area contributed by atoms with E-state index in [9.17, 15) is 4.39 Å². The monoisotopic (exact) mass is 370 g/mol. The smallest absolute Gasteiger partial charge is 0.148 e. The van der Waals surface area contributed by atoms with Crippen LogP contribution in [0.2, 0.25) is 5.15 Å². The molecule has 1 saturated heterocycles. The lowest BCUT2D eigenvalue weighted by atomic mass is 10.2. The van der Waals surface area contributed by atoms with Crippen molar-refractivity contribution in [3.63, 3.8) is 0 Å². The summed E-state index contributed by atoms with van der Waals surface area (Å²) in [4.78, 5) is 12.4. The summed E-state index contributed by atoms with van der Waals surface area (Å²) in [7, 11) is 0. The Labute approximate surface area is 135 Å². The summed E-state index contributed by atoms with van der Waals surface area (Å²) in [5.41, 5.74) is 0.650. The molecule has 1 aromatic carbocycles. The first-order valence-corrected chi connectivity index (χ1v) is 7.74. The Morgan fingerprint density at radius 2 is 1.71 bits per heavy atom. The Bertz CT molecular complexity index is 647. The molecule has 0 bridgehead atoms. The molecule has 3 rings (SSSR count). The summed E-state index contributed by atoms with van der Waals surface area (Å²) in [5, 5.41) is 0.400. The predicted molar refractivity (Wildman–Crippen MR) is 85.6 cm³/mol. The van der Waals surface area contributed by atoms with E-state index in [1.807, 2.05) is 17.0 Å². The molecule has 2 aromatic rings. The molecule has 0 atom stereocenters. The molecule has 0 spiro atoms. The van der Waals surface area contributed by atoms with Crippen LogP contribution >= 0.6 is 27.5 Å². The van der Waals surface area contributed by atoms with Crippen molar-refractivity contribution >= 4 is 39.0 Å². The number of anilines is 2. The van der Waals surface area contributed by atoms with Crippen LogP contribution in [0.5, 0.6) is 0 Å². The van der Waals surface area contributed by atoms with Crippen molar-refractivity contribution in [1.29, 1.82) is 0 Å². The molecule has 110 valence electrons. The number of benzene rings is 1. The van der Waals surface area contributed by atoms with Crippen LogP contribution in [0.1, 0.15) is 0 Å². The summed E-state index contributed by atoms with van der Waals surface area (Å²) in [6.45, 7) is 2.96. The fourth-order valence-electron chi connectivity index (χ4n) is 2.43. The first-order valence-electron chi connectivity index (χ1n) is 6.57. The molecule has 0 amide bonds. The summed E-state index contributed by atoms with van der Waals surface area (Å²) in [6.07, 6.45) is 1.45. The molecule has 0 radical (unpaired) electrons. The second-order valence-electron chi connectivity index (χ2n) is 4.73. The van der Waals surface area contributed by atoms with E-state index in [2.05, 4.69) is 30.8 Å². The second kappa shape index (κ2) is 6.15. The molecular formula is C14H13BrClFN4. The quantitative estimate of drug-likeness (QED) is 0.758. The first-order chi connectivity index (χ1) is 10.2. The highest BCUT2D eigenvalue weighted by Crippen LogP contribution is 2.30. The highest BCUT2D eigenvalue weighted by molar-refractivity contribution is 9.10. The van der Waals surface area contributed by atoms with E-state index in [0.717, 1.165) is 32.0 Å². The van der Waals surface area contributed by atoms with Crippen LogP contribution in [-0.2, 0) is 0 Å². The number of halogens is 3. The van der Waals surface area contributed by atoms with E-state index in [0.29, 0.717) is 15.3 Å². The lowest BCUT2D eigenvalue weighted by Gasteiger charge is -2.37. The highest BCUT2D eigenvalue weighted by Gasteiger charge is 2.22. The average molecular weight is 372 g/mol. The molecule has 2 heterocycles. The van der Waals surface area contributed by atoms with Crippen molar-refractivity contribution in [2.24, 2.45) is 0 Å². The Kier molecular flexibility index (Phi) is 4.26. The fourth-order valence-corrected chi connectivity index (χ4v) is 3.01. The Hall–Kier alpha value is -1.40. The van der Waals surface area contributed by atoms with Gasteiger partial charge in [-0.05, 0) is 28.1 Å². The van der Waals surface area contributed by atoms with Crippen molar-refractivity contribution in [2.45, 2.75) is 0 Å². The van der Waals surface area contributed by atoms with E-state index in [1.165, 1.54) is 12.4 Å². The zero-order chi connectivity index (χ0) is 14.8. The molecule has 0 aliphatic carbocycles. The van der Waals surface area contributed by atoms with Crippen molar-refractivity contribution in [2.75, 3.05) is 36.0 Å². The molecule has 1 aliphatic rings. The first kappa shape index (κ1) is 14.5. The molecule has 0 N–H and O–H groups in total. The minimum atomic E-state index is -0.183. The van der Waals surface area contributed by atoms with Crippen molar-refractivity contribution < 1.29 is 4.39 Å². The fraction of sp³-hybridized carbons (Fsp3) is 0.286. The topological polar surface area (TPSA) is 32.3 Å². The van der Waals surface area contributed by atoms with Crippen LogP contribution in [0.3, 0.4) is 0 Å². The molecule has 21 heavy (non-hydrogen) atoms. The van der Waals surface area contributed by atoms with Gasteiger partial charge in [0.15, 0.2) is 0 Å². The molecule has 1 aliphatic heterocycles. The van der Waals surface area contributed by atoms with Crippen LogP contribution in [0.15, 0.2) is 35.1 Å². The van der Waals surface area contributed by atoms with Gasteiger partial charge in [0.2, 0.25) is 0 Å². The second-order valence-corrected chi connectivity index (χ2v) is 5.88. The van der Waals surface area contributed by atoms with Gasteiger partial charge in [0.25, 0.3) is 0 Å². The number of hydrogen-bond acceptors (Lipinski definition) is 4. The van der Waals surface area contributed by atoms with Crippen molar-refractivity contribution in [3.8, 4) is 0 Å². The van der Waals surface area contributed by atoms with E-state index >= 15 is 0 Å². The van der Waals surface area contributed by atoms with Crippen LogP contribution in [-0.4, -0.2) is 36.1 Å². The van der Waals surface area contributed by atoms with E-state index in [-0.39, 0.29) is 5.82 Å². The van der Waals surface area contributed by atoms with Gasteiger partial charge in [-0.3, -0.25) is 0 Å². The lowest BCUT2D eigenvalue weighted by Crippen LogP contribution is -2.47. The minimum Gasteiger partial charge on any atom is -0.366 e. The van der Waals surface area contributed by atoms with Gasteiger partial charge < -0.3 is 9.80 Å². The third-order valence-electron chi connectivity index (χ3n) is 3.50. The standard InChI is InChI=1S/C14H13BrClFN4/c15-12-13(16)18-9-19-14(12)21-7-5-20(6-8-21)11-4-2-1-3-10(11)17/h1-4,9H,5-8H2. The molecular weight excluding hydrogens is 359 g/mol. The maximum absolute atomic E-state index is 13.8. The van der Waals surface area contributed by atoms with Crippen LogP contribution in [0.25, 0.3) is 0 Å². The van der Waals surface area contributed by atoms with Crippen molar-refractivity contribution in [1.82, 2.24) is 9.97 Å². The largest absolute Gasteiger partial charge is 0.366 e. The third-order valence-corrected chi connectivity index (χ3v) is 4.75. The number of para-hydroxylation sites is 1. The molecule has 0 saturated carbocycles. The van der Waals surface area contributed by atoms with Gasteiger partial charge in [-0.2, -0.15) is 0 Å². The van der Waals surface area contributed by atoms with Gasteiger partial charge in [0.1, 0.15) is 23.1 Å². The Morgan fingerprint density at radius 1 is 1.05 bits per heavy atom. The third kappa shape index (κ3) is 2.96. The summed E-state index contributed by atoms with van der Waals surface area (Å²) in [6, 6.07) is 6.85. The zero-order valence-corrected chi connectivity index (χ0v) is 13.5. The van der Waals surface area contributed by atoms with Gasteiger partial charge in [0, 0.05) is 26.2 Å².